The number of benzene rings is 1. The van der Waals surface area contributed by atoms with Gasteiger partial charge in [-0.3, -0.25) is 9.59 Å². The lowest BCUT2D eigenvalue weighted by molar-refractivity contribution is -0.124. The number of anilines is 1. The Morgan fingerprint density at radius 2 is 2.07 bits per heavy atom. The highest BCUT2D eigenvalue weighted by molar-refractivity contribution is 7.13. The summed E-state index contributed by atoms with van der Waals surface area (Å²) in [6.45, 7) is 1.71. The maximum Gasteiger partial charge on any atom is 0.243 e. The number of aryl methyl sites for hydroxylation is 1. The lowest BCUT2D eigenvalue weighted by atomic mass is 10.2. The summed E-state index contributed by atoms with van der Waals surface area (Å²) in [5.74, 6) is 0.528. The summed E-state index contributed by atoms with van der Waals surface area (Å²) in [6.07, 6.45) is 1.31. The summed E-state index contributed by atoms with van der Waals surface area (Å²) in [5.41, 5.74) is 1.41. The van der Waals surface area contributed by atoms with Crippen LogP contribution in [0, 0.1) is 6.92 Å². The summed E-state index contributed by atoms with van der Waals surface area (Å²) in [4.78, 5) is 29.2. The standard InChI is InChI=1S/C19H19ClN4O3S/c1-12-13(20)5-2-6-14(12)22-17(26)11-21-16(25)8-3-9-18-23-19(24-27-18)15-7-4-10-28-15/h2,4-7,10H,3,8-9,11H2,1H3,(H,21,25)(H,22,26). The van der Waals surface area contributed by atoms with Crippen LogP contribution in [0.2, 0.25) is 5.02 Å². The maximum atomic E-state index is 12.0. The Balaban J connectivity index is 1.37. The average molecular weight is 419 g/mol. The molecule has 3 aromatic rings. The second-order valence-corrected chi connectivity index (χ2v) is 7.43. The number of nitrogens with zero attached hydrogens (tertiary/aromatic N) is 2. The van der Waals surface area contributed by atoms with E-state index in [9.17, 15) is 9.59 Å². The van der Waals surface area contributed by atoms with Crippen LogP contribution in [0.15, 0.2) is 40.2 Å². The molecule has 9 heteroatoms. The Labute approximate surface area is 171 Å². The van der Waals surface area contributed by atoms with E-state index in [0.717, 1.165) is 10.4 Å². The second-order valence-electron chi connectivity index (χ2n) is 6.08. The Morgan fingerprint density at radius 1 is 1.21 bits per heavy atom. The number of amides is 2. The molecule has 0 spiro atoms. The first kappa shape index (κ1) is 20.0. The van der Waals surface area contributed by atoms with Crippen molar-refractivity contribution >= 4 is 40.4 Å². The quantitative estimate of drug-likeness (QED) is 0.579. The number of rotatable bonds is 8. The number of hydrogen-bond donors (Lipinski definition) is 2. The van der Waals surface area contributed by atoms with Gasteiger partial charge in [0.15, 0.2) is 0 Å². The smallest absolute Gasteiger partial charge is 0.243 e. The van der Waals surface area contributed by atoms with Crippen molar-refractivity contribution in [1.82, 2.24) is 15.5 Å². The fourth-order valence-electron chi connectivity index (χ4n) is 2.47. The van der Waals surface area contributed by atoms with E-state index in [-0.39, 0.29) is 24.8 Å². The molecule has 0 saturated heterocycles. The van der Waals surface area contributed by atoms with Gasteiger partial charge in [-0.25, -0.2) is 0 Å². The molecule has 0 unspecified atom stereocenters. The van der Waals surface area contributed by atoms with Gasteiger partial charge in [0.2, 0.25) is 23.5 Å². The largest absolute Gasteiger partial charge is 0.347 e. The summed E-state index contributed by atoms with van der Waals surface area (Å²) < 4.78 is 5.19. The van der Waals surface area contributed by atoms with Gasteiger partial charge in [-0.05, 0) is 42.5 Å². The van der Waals surface area contributed by atoms with Crippen molar-refractivity contribution in [2.75, 3.05) is 11.9 Å². The topological polar surface area (TPSA) is 97.1 Å². The van der Waals surface area contributed by atoms with E-state index in [1.807, 2.05) is 24.4 Å². The number of carbonyl (C=O) groups excluding carboxylic acids is 2. The van der Waals surface area contributed by atoms with Crippen molar-refractivity contribution in [1.29, 1.82) is 0 Å². The molecule has 3 rings (SSSR count). The van der Waals surface area contributed by atoms with Crippen LogP contribution in [-0.2, 0) is 16.0 Å². The fraction of sp³-hybridized carbons (Fsp3) is 0.263. The van der Waals surface area contributed by atoms with E-state index >= 15 is 0 Å². The molecule has 2 heterocycles. The maximum absolute atomic E-state index is 12.0. The lowest BCUT2D eigenvalue weighted by Gasteiger charge is -2.10. The van der Waals surface area contributed by atoms with Crippen LogP contribution >= 0.6 is 22.9 Å². The normalized spacial score (nSPS) is 10.6. The van der Waals surface area contributed by atoms with Gasteiger partial charge >= 0.3 is 0 Å². The Hall–Kier alpha value is -2.71. The molecule has 0 bridgehead atoms. The van der Waals surface area contributed by atoms with Gasteiger partial charge in [0.1, 0.15) is 0 Å². The first-order valence-corrected chi connectivity index (χ1v) is 9.97. The van der Waals surface area contributed by atoms with E-state index < -0.39 is 0 Å². The summed E-state index contributed by atoms with van der Waals surface area (Å²) in [7, 11) is 0. The molecule has 2 N–H and O–H groups in total. The third kappa shape index (κ3) is 5.40. The zero-order chi connectivity index (χ0) is 19.9. The first-order valence-electron chi connectivity index (χ1n) is 8.71. The van der Waals surface area contributed by atoms with E-state index in [0.29, 0.717) is 35.3 Å². The minimum absolute atomic E-state index is 0.103. The molecule has 0 fully saturated rings. The van der Waals surface area contributed by atoms with Gasteiger partial charge in [-0.2, -0.15) is 4.98 Å². The molecule has 0 aliphatic carbocycles. The van der Waals surface area contributed by atoms with E-state index in [1.54, 1.807) is 18.2 Å². The van der Waals surface area contributed by atoms with Gasteiger partial charge in [-0.1, -0.05) is 28.9 Å². The van der Waals surface area contributed by atoms with Crippen molar-refractivity contribution in [2.45, 2.75) is 26.2 Å². The van der Waals surface area contributed by atoms with Crippen molar-refractivity contribution in [2.24, 2.45) is 0 Å². The predicted octanol–water partition coefficient (Wildman–Crippen LogP) is 3.84. The van der Waals surface area contributed by atoms with Gasteiger partial charge < -0.3 is 15.2 Å². The highest BCUT2D eigenvalue weighted by atomic mass is 35.5. The minimum Gasteiger partial charge on any atom is -0.347 e. The third-order valence-electron chi connectivity index (χ3n) is 3.99. The van der Waals surface area contributed by atoms with Crippen LogP contribution in [0.25, 0.3) is 10.7 Å². The SMILES string of the molecule is Cc1c(Cl)cccc1NC(=O)CNC(=O)CCCc1nc(-c2cccs2)no1. The molecular formula is C19H19ClN4O3S. The Kier molecular flexibility index (Phi) is 6.78. The van der Waals surface area contributed by atoms with Crippen molar-refractivity contribution in [3.05, 3.63) is 52.2 Å². The molecule has 1 aromatic carbocycles. The fourth-order valence-corrected chi connectivity index (χ4v) is 3.29. The Bertz CT molecular complexity index is 956. The van der Waals surface area contributed by atoms with Crippen LogP contribution in [0.1, 0.15) is 24.3 Å². The van der Waals surface area contributed by atoms with Crippen molar-refractivity contribution < 1.29 is 14.1 Å². The van der Waals surface area contributed by atoms with Crippen LogP contribution in [0.4, 0.5) is 5.69 Å². The van der Waals surface area contributed by atoms with Crippen molar-refractivity contribution in [3.63, 3.8) is 0 Å². The van der Waals surface area contributed by atoms with Gasteiger partial charge in [0.05, 0.1) is 11.4 Å². The number of carbonyl (C=O) groups is 2. The second kappa shape index (κ2) is 9.48. The number of halogens is 1. The highest BCUT2D eigenvalue weighted by Gasteiger charge is 2.11. The molecule has 0 aliphatic rings. The Morgan fingerprint density at radius 3 is 2.86 bits per heavy atom. The molecule has 0 aliphatic heterocycles. The number of thiophene rings is 1. The van der Waals surface area contributed by atoms with Crippen LogP contribution in [-0.4, -0.2) is 28.5 Å². The summed E-state index contributed by atoms with van der Waals surface area (Å²) in [5, 5.41) is 11.8. The van der Waals surface area contributed by atoms with Gasteiger partial charge in [0.25, 0.3) is 0 Å². The van der Waals surface area contributed by atoms with E-state index in [1.165, 1.54) is 11.3 Å². The summed E-state index contributed by atoms with van der Waals surface area (Å²) >= 11 is 7.56. The molecule has 2 aromatic heterocycles. The molecular weight excluding hydrogens is 400 g/mol. The third-order valence-corrected chi connectivity index (χ3v) is 5.27. The van der Waals surface area contributed by atoms with Crippen LogP contribution < -0.4 is 10.6 Å². The molecule has 146 valence electrons. The lowest BCUT2D eigenvalue weighted by Crippen LogP contribution is -2.32. The van der Waals surface area contributed by atoms with E-state index in [4.69, 9.17) is 16.1 Å². The average Bonchev–Trinajstić information content (AvgIpc) is 3.35. The molecule has 28 heavy (non-hydrogen) atoms. The minimum atomic E-state index is -0.309. The van der Waals surface area contributed by atoms with Crippen LogP contribution in [0.5, 0.6) is 0 Å². The number of nitrogens with one attached hydrogen (secondary N) is 2. The van der Waals surface area contributed by atoms with E-state index in [2.05, 4.69) is 20.8 Å². The summed E-state index contributed by atoms with van der Waals surface area (Å²) in [6, 6.07) is 9.11. The van der Waals surface area contributed by atoms with Crippen molar-refractivity contribution in [3.8, 4) is 10.7 Å². The number of aromatic nitrogens is 2. The molecule has 7 nitrogen and oxygen atoms in total. The zero-order valence-electron chi connectivity index (χ0n) is 15.2. The van der Waals surface area contributed by atoms with Gasteiger partial charge in [-0.15, -0.1) is 11.3 Å². The zero-order valence-corrected chi connectivity index (χ0v) is 16.8. The molecule has 0 atom stereocenters. The highest BCUT2D eigenvalue weighted by Crippen LogP contribution is 2.23. The van der Waals surface area contributed by atoms with Gasteiger partial charge in [0, 0.05) is 23.6 Å². The molecule has 2 amide bonds. The first-order chi connectivity index (χ1) is 13.5. The molecule has 0 saturated carbocycles. The predicted molar refractivity (Wildman–Crippen MR) is 108 cm³/mol. The number of hydrogen-bond acceptors (Lipinski definition) is 6. The molecule has 0 radical (unpaired) electrons. The monoisotopic (exact) mass is 418 g/mol. The van der Waals surface area contributed by atoms with Crippen LogP contribution in [0.3, 0.4) is 0 Å².